The van der Waals surface area contributed by atoms with Crippen molar-refractivity contribution in [1.29, 1.82) is 0 Å². The van der Waals surface area contributed by atoms with Gasteiger partial charge in [0.2, 0.25) is 0 Å². The van der Waals surface area contributed by atoms with Crippen LogP contribution in [-0.4, -0.2) is 39.2 Å². The zero-order valence-corrected chi connectivity index (χ0v) is 13.4. The summed E-state index contributed by atoms with van der Waals surface area (Å²) < 4.78 is 13.8. The number of hydrogen-bond donors (Lipinski definition) is 1. The first-order valence-corrected chi connectivity index (χ1v) is 6.75. The molecule has 1 atom stereocenters. The Hall–Kier alpha value is -2.83. The van der Waals surface area contributed by atoms with E-state index < -0.39 is 17.9 Å². The van der Waals surface area contributed by atoms with Gasteiger partial charge in [0.05, 0.1) is 33.3 Å². The molecule has 124 valence electrons. The van der Waals surface area contributed by atoms with E-state index in [9.17, 15) is 14.4 Å². The van der Waals surface area contributed by atoms with E-state index >= 15 is 0 Å². The number of nitrogens with one attached hydrogen (secondary N) is 1. The molecule has 0 aliphatic carbocycles. The van der Waals surface area contributed by atoms with Gasteiger partial charge in [-0.1, -0.05) is 12.1 Å². The predicted molar refractivity (Wildman–Crippen MR) is 82.6 cm³/mol. The number of anilines is 1. The summed E-state index contributed by atoms with van der Waals surface area (Å²) in [6.45, 7) is 1.73. The van der Waals surface area contributed by atoms with Crippen LogP contribution in [0.25, 0.3) is 0 Å². The monoisotopic (exact) mass is 321 g/mol. The largest absolute Gasteiger partial charge is 0.469 e. The highest BCUT2D eigenvalue weighted by Crippen LogP contribution is 2.20. The number of esters is 3. The maximum absolute atomic E-state index is 11.6. The molecule has 0 heterocycles. The smallest absolute Gasteiger partial charge is 0.354 e. The van der Waals surface area contributed by atoms with E-state index in [1.54, 1.807) is 31.2 Å². The van der Waals surface area contributed by atoms with Crippen molar-refractivity contribution in [3.8, 4) is 0 Å². The lowest BCUT2D eigenvalue weighted by atomic mass is 10.0. The third-order valence-corrected chi connectivity index (χ3v) is 3.11. The third-order valence-electron chi connectivity index (χ3n) is 3.11. The van der Waals surface area contributed by atoms with Crippen LogP contribution in [0.2, 0.25) is 0 Å². The van der Waals surface area contributed by atoms with Crippen LogP contribution < -0.4 is 5.32 Å². The van der Waals surface area contributed by atoms with Gasteiger partial charge in [-0.05, 0) is 24.6 Å². The fourth-order valence-corrected chi connectivity index (χ4v) is 1.76. The Bertz CT molecular complexity index is 606. The summed E-state index contributed by atoms with van der Waals surface area (Å²) in [5.74, 6) is -2.14. The van der Waals surface area contributed by atoms with Crippen molar-refractivity contribution in [2.24, 2.45) is 0 Å². The quantitative estimate of drug-likeness (QED) is 0.483. The van der Waals surface area contributed by atoms with Crippen molar-refractivity contribution < 1.29 is 28.6 Å². The van der Waals surface area contributed by atoms with Crippen molar-refractivity contribution in [2.45, 2.75) is 12.8 Å². The predicted octanol–water partition coefficient (Wildman–Crippen LogP) is 1.60. The molecule has 1 N–H and O–H groups in total. The molecule has 1 aromatic carbocycles. The van der Waals surface area contributed by atoms with E-state index in [4.69, 9.17) is 0 Å². The Labute approximate surface area is 134 Å². The molecule has 0 aliphatic rings. The molecule has 0 aliphatic heterocycles. The van der Waals surface area contributed by atoms with Crippen LogP contribution in [0.5, 0.6) is 0 Å². The summed E-state index contributed by atoms with van der Waals surface area (Å²) >= 11 is 0. The van der Waals surface area contributed by atoms with Crippen molar-refractivity contribution in [1.82, 2.24) is 0 Å². The number of methoxy groups -OCH3 is 3. The van der Waals surface area contributed by atoms with Gasteiger partial charge in [-0.2, -0.15) is 0 Å². The van der Waals surface area contributed by atoms with E-state index in [-0.39, 0.29) is 11.7 Å². The van der Waals surface area contributed by atoms with Gasteiger partial charge in [0.1, 0.15) is 5.70 Å². The van der Waals surface area contributed by atoms with Gasteiger partial charge in [-0.15, -0.1) is 0 Å². The highest BCUT2D eigenvalue weighted by Gasteiger charge is 2.16. The van der Waals surface area contributed by atoms with E-state index in [0.29, 0.717) is 5.69 Å². The summed E-state index contributed by atoms with van der Waals surface area (Å²) in [4.78, 5) is 34.4. The number of carbonyl (C=O) groups is 3. The summed E-state index contributed by atoms with van der Waals surface area (Å²) in [7, 11) is 3.74. The maximum Gasteiger partial charge on any atom is 0.354 e. The Morgan fingerprint density at radius 3 is 2.09 bits per heavy atom. The highest BCUT2D eigenvalue weighted by atomic mass is 16.5. The van der Waals surface area contributed by atoms with Crippen molar-refractivity contribution in [3.63, 3.8) is 0 Å². The Balaban J connectivity index is 2.94. The summed E-state index contributed by atoms with van der Waals surface area (Å²) in [5, 5.41) is 2.77. The van der Waals surface area contributed by atoms with E-state index in [2.05, 4.69) is 19.5 Å². The van der Waals surface area contributed by atoms with Gasteiger partial charge in [-0.25, -0.2) is 9.59 Å². The number of ether oxygens (including phenoxy) is 3. The maximum atomic E-state index is 11.6. The topological polar surface area (TPSA) is 90.9 Å². The Morgan fingerprint density at radius 1 is 1.00 bits per heavy atom. The Kier molecular flexibility index (Phi) is 6.79. The molecule has 0 saturated carbocycles. The second-order valence-corrected chi connectivity index (χ2v) is 4.56. The van der Waals surface area contributed by atoms with Crippen LogP contribution in [0.1, 0.15) is 18.4 Å². The molecule has 7 nitrogen and oxygen atoms in total. The molecule has 0 saturated heterocycles. The fraction of sp³-hybridized carbons (Fsp3) is 0.312. The fourth-order valence-electron chi connectivity index (χ4n) is 1.76. The lowest BCUT2D eigenvalue weighted by Gasteiger charge is -2.12. The minimum atomic E-state index is -0.706. The van der Waals surface area contributed by atoms with Gasteiger partial charge < -0.3 is 19.5 Å². The van der Waals surface area contributed by atoms with Gasteiger partial charge in [-0.3, -0.25) is 4.79 Å². The Morgan fingerprint density at radius 2 is 1.61 bits per heavy atom. The first-order valence-electron chi connectivity index (χ1n) is 6.75. The second kappa shape index (κ2) is 8.57. The van der Waals surface area contributed by atoms with Gasteiger partial charge in [0.15, 0.2) is 0 Å². The SMILES string of the molecule is COC(=O)/C=C(/Nc1ccc(C(C)C(=O)OC)cc1)C(=O)OC. The molecule has 0 spiro atoms. The zero-order valence-electron chi connectivity index (χ0n) is 13.4. The molecular weight excluding hydrogens is 302 g/mol. The molecule has 0 aromatic heterocycles. The van der Waals surface area contributed by atoms with Crippen molar-refractivity contribution >= 4 is 23.6 Å². The lowest BCUT2D eigenvalue weighted by molar-refractivity contribution is -0.142. The molecule has 1 aromatic rings. The minimum Gasteiger partial charge on any atom is -0.469 e. The molecule has 0 bridgehead atoms. The average molecular weight is 321 g/mol. The summed E-state index contributed by atoms with van der Waals surface area (Å²) in [6.07, 6.45) is 0.997. The molecule has 7 heteroatoms. The van der Waals surface area contributed by atoms with Gasteiger partial charge >= 0.3 is 17.9 Å². The van der Waals surface area contributed by atoms with Crippen LogP contribution in [0.15, 0.2) is 36.0 Å². The molecule has 1 rings (SSSR count). The van der Waals surface area contributed by atoms with Crippen LogP contribution >= 0.6 is 0 Å². The molecule has 23 heavy (non-hydrogen) atoms. The van der Waals surface area contributed by atoms with E-state index in [1.165, 1.54) is 21.3 Å². The van der Waals surface area contributed by atoms with Gasteiger partial charge in [0, 0.05) is 5.69 Å². The number of carbonyl (C=O) groups excluding carboxylic acids is 3. The van der Waals surface area contributed by atoms with Crippen LogP contribution in [0.4, 0.5) is 5.69 Å². The molecule has 0 fully saturated rings. The van der Waals surface area contributed by atoms with Gasteiger partial charge in [0.25, 0.3) is 0 Å². The van der Waals surface area contributed by atoms with E-state index in [0.717, 1.165) is 11.6 Å². The second-order valence-electron chi connectivity index (χ2n) is 4.56. The molecule has 1 unspecified atom stereocenters. The van der Waals surface area contributed by atoms with Crippen LogP contribution in [-0.2, 0) is 28.6 Å². The van der Waals surface area contributed by atoms with E-state index in [1.807, 2.05) is 0 Å². The lowest BCUT2D eigenvalue weighted by Crippen LogP contribution is -2.15. The minimum absolute atomic E-state index is 0.0619. The number of benzene rings is 1. The standard InChI is InChI=1S/C16H19NO6/c1-10(15(19)22-3)11-5-7-12(8-6-11)17-13(16(20)23-4)9-14(18)21-2/h5-10,17H,1-4H3/b13-9+. The highest BCUT2D eigenvalue weighted by molar-refractivity contribution is 5.98. The normalized spacial score (nSPS) is 12.1. The number of hydrogen-bond acceptors (Lipinski definition) is 7. The molecule has 0 radical (unpaired) electrons. The van der Waals surface area contributed by atoms with Crippen LogP contribution in [0.3, 0.4) is 0 Å². The molecule has 0 amide bonds. The molecular formula is C16H19NO6. The van der Waals surface area contributed by atoms with Crippen molar-refractivity contribution in [3.05, 3.63) is 41.6 Å². The van der Waals surface area contributed by atoms with Crippen molar-refractivity contribution in [2.75, 3.05) is 26.6 Å². The first-order chi connectivity index (χ1) is 10.9. The van der Waals surface area contributed by atoms with Crippen LogP contribution in [0, 0.1) is 0 Å². The number of rotatable bonds is 6. The average Bonchev–Trinajstić information content (AvgIpc) is 2.59. The zero-order chi connectivity index (χ0) is 17.4. The summed E-state index contributed by atoms with van der Waals surface area (Å²) in [6, 6.07) is 6.78. The first kappa shape index (κ1) is 18.2. The summed E-state index contributed by atoms with van der Waals surface area (Å²) in [5.41, 5.74) is 1.25. The third kappa shape index (κ3) is 5.14.